The number of hydrogen-bond donors (Lipinski definition) is 0. The molecule has 0 aliphatic heterocycles. The average molecular weight is 162 g/mol. The minimum atomic E-state index is -2.83. The molecule has 0 bridgehead atoms. The Kier molecular flexibility index (Phi) is 2.17. The molecular formula is C6H3BF4. The lowest BCUT2D eigenvalue weighted by Gasteiger charge is -1.95. The highest BCUT2D eigenvalue weighted by atomic mass is 19.2. The summed E-state index contributed by atoms with van der Waals surface area (Å²) in [6.45, 7) is 0. The first-order valence-electron chi connectivity index (χ1n) is 2.84. The normalized spacial score (nSPS) is 9.82. The fraction of sp³-hybridized carbons (Fsp3) is 0. The van der Waals surface area contributed by atoms with Crippen LogP contribution in [0.1, 0.15) is 0 Å². The Labute approximate surface area is 61.0 Å². The van der Waals surface area contributed by atoms with Crippen molar-refractivity contribution in [3.8, 4) is 0 Å². The second-order valence-electron chi connectivity index (χ2n) is 2.00. The van der Waals surface area contributed by atoms with E-state index in [1.54, 1.807) is 0 Å². The lowest BCUT2D eigenvalue weighted by molar-refractivity contribution is 0.583. The molecule has 0 fully saturated rings. The lowest BCUT2D eigenvalue weighted by atomic mass is 9.86. The van der Waals surface area contributed by atoms with E-state index in [2.05, 4.69) is 0 Å². The minimum Gasteiger partial charge on any atom is -0.281 e. The van der Waals surface area contributed by atoms with Crippen molar-refractivity contribution in [2.45, 2.75) is 0 Å². The smallest absolute Gasteiger partial charge is 0.281 e. The van der Waals surface area contributed by atoms with Gasteiger partial charge < -0.3 is 0 Å². The third-order valence-electron chi connectivity index (χ3n) is 1.14. The fourth-order valence-corrected chi connectivity index (χ4v) is 0.701. The third-order valence-corrected chi connectivity index (χ3v) is 1.14. The lowest BCUT2D eigenvalue weighted by Crippen LogP contribution is -2.21. The molecule has 0 aliphatic rings. The zero-order valence-electron chi connectivity index (χ0n) is 5.32. The first-order chi connectivity index (χ1) is 5.09. The standard InChI is InChI=1S/C6H3BF4/c8-5-1-4(7(10)11)2-6(9)3-5/h1-3H. The third kappa shape index (κ3) is 1.96. The summed E-state index contributed by atoms with van der Waals surface area (Å²) in [6.07, 6.45) is 0. The van der Waals surface area contributed by atoms with Gasteiger partial charge in [0.25, 0.3) is 0 Å². The Morgan fingerprint density at radius 2 is 1.36 bits per heavy atom. The molecule has 11 heavy (non-hydrogen) atoms. The summed E-state index contributed by atoms with van der Waals surface area (Å²) in [6, 6.07) is 1.76. The van der Waals surface area contributed by atoms with Crippen molar-refractivity contribution in [1.29, 1.82) is 0 Å². The molecule has 0 saturated heterocycles. The van der Waals surface area contributed by atoms with E-state index in [0.29, 0.717) is 18.2 Å². The van der Waals surface area contributed by atoms with E-state index in [1.807, 2.05) is 0 Å². The number of hydrogen-bond acceptors (Lipinski definition) is 0. The van der Waals surface area contributed by atoms with Gasteiger partial charge in [-0.1, -0.05) is 0 Å². The quantitative estimate of drug-likeness (QED) is 0.434. The van der Waals surface area contributed by atoms with Crippen LogP contribution in [0.5, 0.6) is 0 Å². The molecule has 1 aromatic carbocycles. The molecule has 5 heteroatoms. The van der Waals surface area contributed by atoms with E-state index >= 15 is 0 Å². The molecule has 0 aromatic heterocycles. The van der Waals surface area contributed by atoms with Crippen LogP contribution in [0.25, 0.3) is 0 Å². The molecule has 1 rings (SSSR count). The van der Waals surface area contributed by atoms with Gasteiger partial charge in [0, 0.05) is 6.07 Å². The van der Waals surface area contributed by atoms with Gasteiger partial charge in [-0.25, -0.2) is 8.78 Å². The summed E-state index contributed by atoms with van der Waals surface area (Å²) in [7, 11) is -2.83. The summed E-state index contributed by atoms with van der Waals surface area (Å²) >= 11 is 0. The van der Waals surface area contributed by atoms with Gasteiger partial charge in [-0.3, -0.25) is 8.63 Å². The van der Waals surface area contributed by atoms with Gasteiger partial charge in [-0.15, -0.1) is 0 Å². The van der Waals surface area contributed by atoms with Crippen LogP contribution in [0.15, 0.2) is 18.2 Å². The van der Waals surface area contributed by atoms with Crippen molar-refractivity contribution in [3.63, 3.8) is 0 Å². The monoisotopic (exact) mass is 162 g/mol. The Hall–Kier alpha value is -0.995. The molecule has 0 amide bonds. The molecule has 0 radical (unpaired) electrons. The fourth-order valence-electron chi connectivity index (χ4n) is 0.701. The first-order valence-corrected chi connectivity index (χ1v) is 2.84. The minimum absolute atomic E-state index is 0.547. The van der Waals surface area contributed by atoms with Gasteiger partial charge in [0.05, 0.1) is 0 Å². The zero-order chi connectivity index (χ0) is 8.43. The van der Waals surface area contributed by atoms with Crippen molar-refractivity contribution >= 4 is 12.7 Å². The van der Waals surface area contributed by atoms with Crippen LogP contribution >= 0.6 is 0 Å². The van der Waals surface area contributed by atoms with Crippen LogP contribution in [0.4, 0.5) is 17.4 Å². The highest BCUT2D eigenvalue weighted by Crippen LogP contribution is 2.01. The summed E-state index contributed by atoms with van der Waals surface area (Å²) < 4.78 is 48.0. The predicted molar refractivity (Wildman–Crippen MR) is 34.0 cm³/mol. The van der Waals surface area contributed by atoms with Crippen LogP contribution in [-0.2, 0) is 0 Å². The van der Waals surface area contributed by atoms with Crippen LogP contribution in [0.3, 0.4) is 0 Å². The molecule has 0 atom stereocenters. The van der Waals surface area contributed by atoms with Crippen molar-refractivity contribution < 1.29 is 17.4 Å². The van der Waals surface area contributed by atoms with Gasteiger partial charge in [-0.05, 0) is 17.6 Å². The predicted octanol–water partition coefficient (Wildman–Crippen LogP) is 1.60. The topological polar surface area (TPSA) is 0 Å². The van der Waals surface area contributed by atoms with Gasteiger partial charge in [0.1, 0.15) is 11.6 Å². The highest BCUT2D eigenvalue weighted by Gasteiger charge is 2.17. The number of rotatable bonds is 1. The van der Waals surface area contributed by atoms with Gasteiger partial charge in [-0.2, -0.15) is 0 Å². The molecule has 1 aromatic rings. The second kappa shape index (κ2) is 2.94. The first kappa shape index (κ1) is 8.10. The van der Waals surface area contributed by atoms with E-state index in [-0.39, 0.29) is 0 Å². The van der Waals surface area contributed by atoms with E-state index in [0.717, 1.165) is 0 Å². The van der Waals surface area contributed by atoms with Crippen molar-refractivity contribution in [2.24, 2.45) is 0 Å². The maximum atomic E-state index is 12.2. The Morgan fingerprint density at radius 3 is 1.73 bits per heavy atom. The van der Waals surface area contributed by atoms with Crippen LogP contribution in [0.2, 0.25) is 0 Å². The summed E-state index contributed by atoms with van der Waals surface area (Å²) in [5.74, 6) is -1.97. The maximum absolute atomic E-state index is 12.2. The van der Waals surface area contributed by atoms with Gasteiger partial charge >= 0.3 is 7.27 Å². The molecule has 58 valence electrons. The van der Waals surface area contributed by atoms with E-state index in [4.69, 9.17) is 0 Å². The average Bonchev–Trinajstić information content (AvgIpc) is 1.85. The molecule has 0 heterocycles. The van der Waals surface area contributed by atoms with Crippen LogP contribution in [0, 0.1) is 11.6 Å². The molecule has 0 N–H and O–H groups in total. The van der Waals surface area contributed by atoms with Gasteiger partial charge in [0.15, 0.2) is 0 Å². The van der Waals surface area contributed by atoms with Crippen LogP contribution in [-0.4, -0.2) is 7.27 Å². The van der Waals surface area contributed by atoms with Crippen molar-refractivity contribution in [1.82, 2.24) is 0 Å². The van der Waals surface area contributed by atoms with E-state index < -0.39 is 24.4 Å². The van der Waals surface area contributed by atoms with Gasteiger partial charge in [0.2, 0.25) is 0 Å². The van der Waals surface area contributed by atoms with E-state index in [9.17, 15) is 17.4 Å². The molecule has 0 nitrogen and oxygen atoms in total. The summed E-state index contributed by atoms with van der Waals surface area (Å²) in [4.78, 5) is 0. The molecular weight excluding hydrogens is 159 g/mol. The number of halogens is 4. The zero-order valence-corrected chi connectivity index (χ0v) is 5.32. The number of benzene rings is 1. The maximum Gasteiger partial charge on any atom is 0.572 e. The highest BCUT2D eigenvalue weighted by molar-refractivity contribution is 6.59. The van der Waals surface area contributed by atoms with Crippen LogP contribution < -0.4 is 5.46 Å². The SMILES string of the molecule is FB(F)c1cc(F)cc(F)c1. The van der Waals surface area contributed by atoms with Crippen molar-refractivity contribution in [2.75, 3.05) is 0 Å². The Bertz CT molecular complexity index is 241. The molecule has 0 aliphatic carbocycles. The Balaban J connectivity index is 3.08. The van der Waals surface area contributed by atoms with E-state index in [1.165, 1.54) is 0 Å². The summed E-state index contributed by atoms with van der Waals surface area (Å²) in [5.41, 5.74) is -0.637. The Morgan fingerprint density at radius 1 is 0.909 bits per heavy atom. The molecule has 0 unspecified atom stereocenters. The second-order valence-corrected chi connectivity index (χ2v) is 2.00. The summed E-state index contributed by atoms with van der Waals surface area (Å²) in [5, 5.41) is 0. The van der Waals surface area contributed by atoms with Crippen molar-refractivity contribution in [3.05, 3.63) is 29.8 Å². The largest absolute Gasteiger partial charge is 0.572 e. The molecule has 0 saturated carbocycles. The molecule has 0 spiro atoms.